The van der Waals surface area contributed by atoms with Gasteiger partial charge in [0.05, 0.1) is 22.8 Å². The zero-order valence-corrected chi connectivity index (χ0v) is 19.7. The van der Waals surface area contributed by atoms with Gasteiger partial charge in [-0.25, -0.2) is 9.78 Å². The highest BCUT2D eigenvalue weighted by molar-refractivity contribution is 8.15. The van der Waals surface area contributed by atoms with Gasteiger partial charge in [0.1, 0.15) is 21.5 Å². The summed E-state index contributed by atoms with van der Waals surface area (Å²) in [6.07, 6.45) is -0.809. The number of phenols is 1. The number of para-hydroxylation sites is 1. The Morgan fingerprint density at radius 2 is 2.03 bits per heavy atom. The first-order valence-electron chi connectivity index (χ1n) is 9.71. The second-order valence-corrected chi connectivity index (χ2v) is 11.1. The van der Waals surface area contributed by atoms with E-state index in [0.29, 0.717) is 27.1 Å². The summed E-state index contributed by atoms with van der Waals surface area (Å²) in [7, 11) is 0. The molecular weight excluding hydrogens is 454 g/mol. The number of aliphatic imine (C=N–C) groups is 2. The van der Waals surface area contributed by atoms with E-state index in [9.17, 15) is 20.1 Å². The number of carbonyl (C=O) groups is 1. The number of benzene rings is 1. The molecule has 0 amide bonds. The number of aromatic nitrogens is 1. The van der Waals surface area contributed by atoms with Crippen molar-refractivity contribution in [1.29, 1.82) is 0 Å². The van der Waals surface area contributed by atoms with Gasteiger partial charge in [0.2, 0.25) is 0 Å². The SMILES string of the molecule is CC1(C(=O)O)CSC(C(C)(C)C(O)C2CSC(c3csc(-c4ccccc4O)n3)=N2)=N1. The Bertz CT molecular complexity index is 1080. The minimum atomic E-state index is -1.16. The fraction of sp³-hybridized carbons (Fsp3) is 0.429. The Morgan fingerprint density at radius 1 is 1.29 bits per heavy atom. The third-order valence-electron chi connectivity index (χ3n) is 5.49. The van der Waals surface area contributed by atoms with Crippen LogP contribution in [0.5, 0.6) is 5.75 Å². The number of hydrogen-bond donors (Lipinski definition) is 3. The number of thioether (sulfide) groups is 2. The number of thiazole rings is 1. The van der Waals surface area contributed by atoms with Crippen molar-refractivity contribution in [3.63, 3.8) is 0 Å². The fourth-order valence-corrected chi connectivity index (χ4v) is 6.71. The summed E-state index contributed by atoms with van der Waals surface area (Å²) in [6.45, 7) is 5.37. The van der Waals surface area contributed by atoms with Gasteiger partial charge in [-0.3, -0.25) is 9.98 Å². The van der Waals surface area contributed by atoms with Crippen LogP contribution in [-0.2, 0) is 4.79 Å². The third kappa shape index (κ3) is 4.13. The summed E-state index contributed by atoms with van der Waals surface area (Å²) < 4.78 is 0. The molecule has 1 aromatic heterocycles. The van der Waals surface area contributed by atoms with Crippen LogP contribution in [0, 0.1) is 5.41 Å². The van der Waals surface area contributed by atoms with Crippen molar-refractivity contribution < 1.29 is 20.1 Å². The molecule has 2 aliphatic rings. The summed E-state index contributed by atoms with van der Waals surface area (Å²) >= 11 is 4.37. The monoisotopic (exact) mass is 477 g/mol. The van der Waals surface area contributed by atoms with E-state index in [1.807, 2.05) is 31.4 Å². The molecular formula is C21H23N3O4S3. The minimum Gasteiger partial charge on any atom is -0.507 e. The van der Waals surface area contributed by atoms with E-state index in [2.05, 4.69) is 9.98 Å². The number of aliphatic hydroxyl groups excluding tert-OH is 1. The van der Waals surface area contributed by atoms with Crippen LogP contribution in [0.3, 0.4) is 0 Å². The molecule has 2 aromatic rings. The van der Waals surface area contributed by atoms with Gasteiger partial charge >= 0.3 is 5.97 Å². The maximum absolute atomic E-state index is 11.5. The lowest BCUT2D eigenvalue weighted by atomic mass is 9.83. The summed E-state index contributed by atoms with van der Waals surface area (Å²) in [5.41, 5.74) is -0.467. The molecule has 164 valence electrons. The van der Waals surface area contributed by atoms with E-state index in [1.54, 1.807) is 19.1 Å². The van der Waals surface area contributed by atoms with Gasteiger partial charge in [-0.15, -0.1) is 34.9 Å². The molecule has 4 rings (SSSR count). The van der Waals surface area contributed by atoms with Crippen molar-refractivity contribution in [2.24, 2.45) is 15.4 Å². The van der Waals surface area contributed by atoms with Crippen molar-refractivity contribution in [2.75, 3.05) is 11.5 Å². The van der Waals surface area contributed by atoms with Gasteiger partial charge in [-0.2, -0.15) is 0 Å². The number of carboxylic acid groups (broad SMARTS) is 1. The average molecular weight is 478 g/mol. The Hall–Kier alpha value is -1.88. The first kappa shape index (κ1) is 22.3. The Kier molecular flexibility index (Phi) is 5.93. The van der Waals surface area contributed by atoms with E-state index < -0.39 is 23.0 Å². The second-order valence-electron chi connectivity index (χ2n) is 8.32. The predicted molar refractivity (Wildman–Crippen MR) is 128 cm³/mol. The second kappa shape index (κ2) is 8.23. The smallest absolute Gasteiger partial charge is 0.332 e. The van der Waals surface area contributed by atoms with Crippen LogP contribution < -0.4 is 0 Å². The van der Waals surface area contributed by atoms with Crippen molar-refractivity contribution in [3.05, 3.63) is 35.3 Å². The van der Waals surface area contributed by atoms with Crippen molar-refractivity contribution in [1.82, 2.24) is 4.98 Å². The molecule has 0 radical (unpaired) electrons. The summed E-state index contributed by atoms with van der Waals surface area (Å²) in [5, 5.41) is 34.6. The first-order chi connectivity index (χ1) is 14.6. The maximum Gasteiger partial charge on any atom is 0.332 e. The lowest BCUT2D eigenvalue weighted by molar-refractivity contribution is -0.141. The van der Waals surface area contributed by atoms with Crippen LogP contribution in [0.25, 0.3) is 10.6 Å². The van der Waals surface area contributed by atoms with Crippen molar-refractivity contribution in [3.8, 4) is 16.3 Å². The highest BCUT2D eigenvalue weighted by atomic mass is 32.2. The van der Waals surface area contributed by atoms with E-state index >= 15 is 0 Å². The molecule has 3 N–H and O–H groups in total. The fourth-order valence-electron chi connectivity index (χ4n) is 3.39. The Labute approximate surface area is 192 Å². The topological polar surface area (TPSA) is 115 Å². The molecule has 7 nitrogen and oxygen atoms in total. The number of nitrogens with zero attached hydrogens (tertiary/aromatic N) is 3. The molecule has 2 aliphatic heterocycles. The third-order valence-corrected chi connectivity index (χ3v) is 9.05. The molecule has 31 heavy (non-hydrogen) atoms. The maximum atomic E-state index is 11.5. The van der Waals surface area contributed by atoms with Crippen LogP contribution in [0.2, 0.25) is 0 Å². The number of aromatic hydroxyl groups is 1. The summed E-state index contributed by atoms with van der Waals surface area (Å²) in [6, 6.07) is 6.73. The lowest BCUT2D eigenvalue weighted by Crippen LogP contribution is -2.43. The van der Waals surface area contributed by atoms with Gasteiger partial charge < -0.3 is 15.3 Å². The Balaban J connectivity index is 1.53. The summed E-state index contributed by atoms with van der Waals surface area (Å²) in [4.78, 5) is 25.3. The molecule has 3 unspecified atom stereocenters. The van der Waals surface area contributed by atoms with Gasteiger partial charge in [0, 0.05) is 22.3 Å². The molecule has 3 heterocycles. The minimum absolute atomic E-state index is 0.183. The number of hydrogen-bond acceptors (Lipinski definition) is 9. The van der Waals surface area contributed by atoms with Crippen molar-refractivity contribution in [2.45, 2.75) is 38.5 Å². The number of aliphatic carboxylic acids is 1. The molecule has 0 saturated heterocycles. The molecule has 0 bridgehead atoms. The zero-order valence-electron chi connectivity index (χ0n) is 17.3. The van der Waals surface area contributed by atoms with Crippen LogP contribution in [0.4, 0.5) is 0 Å². The quantitative estimate of drug-likeness (QED) is 0.580. The van der Waals surface area contributed by atoms with Gasteiger partial charge in [0.15, 0.2) is 5.54 Å². The normalized spacial score (nSPS) is 24.7. The molecule has 0 fully saturated rings. The van der Waals surface area contributed by atoms with Crippen LogP contribution in [-0.4, -0.2) is 65.6 Å². The number of aliphatic hydroxyl groups is 1. The number of rotatable bonds is 6. The molecule has 10 heteroatoms. The number of carboxylic acids is 1. The van der Waals surface area contributed by atoms with E-state index in [1.165, 1.54) is 34.9 Å². The van der Waals surface area contributed by atoms with Crippen LogP contribution >= 0.6 is 34.9 Å². The lowest BCUT2D eigenvalue weighted by Gasteiger charge is -2.32. The standard InChI is InChI=1S/C21H23N3O4S3/c1-20(2,18-24-21(3,10-31-18)19(27)28)15(26)12-8-30-17(22-12)13-9-29-16(23-13)11-6-4-5-7-14(11)25/h4-7,9,12,15,25-26H,8,10H2,1-3H3,(H,27,28). The zero-order chi connectivity index (χ0) is 22.4. The van der Waals surface area contributed by atoms with Gasteiger partial charge in [0.25, 0.3) is 0 Å². The van der Waals surface area contributed by atoms with E-state index in [-0.39, 0.29) is 11.8 Å². The molecule has 0 saturated carbocycles. The highest BCUT2D eigenvalue weighted by Gasteiger charge is 2.47. The molecule has 0 spiro atoms. The van der Waals surface area contributed by atoms with Gasteiger partial charge in [-0.05, 0) is 19.1 Å². The summed E-state index contributed by atoms with van der Waals surface area (Å²) in [5.74, 6) is 0.191. The van der Waals surface area contributed by atoms with Crippen LogP contribution in [0.1, 0.15) is 26.5 Å². The predicted octanol–water partition coefficient (Wildman–Crippen LogP) is 3.75. The first-order valence-corrected chi connectivity index (χ1v) is 12.6. The highest BCUT2D eigenvalue weighted by Crippen LogP contribution is 2.41. The largest absolute Gasteiger partial charge is 0.507 e. The van der Waals surface area contributed by atoms with Crippen molar-refractivity contribution >= 4 is 50.9 Å². The molecule has 0 aliphatic carbocycles. The number of phenolic OH excluding ortho intramolecular Hbond substituents is 1. The average Bonchev–Trinajstić information content (AvgIpc) is 3.47. The Morgan fingerprint density at radius 3 is 2.71 bits per heavy atom. The van der Waals surface area contributed by atoms with E-state index in [4.69, 9.17) is 4.99 Å². The van der Waals surface area contributed by atoms with Crippen LogP contribution in [0.15, 0.2) is 39.6 Å². The van der Waals surface area contributed by atoms with E-state index in [0.717, 1.165) is 10.7 Å². The molecule has 3 atom stereocenters. The van der Waals surface area contributed by atoms with Gasteiger partial charge in [-0.1, -0.05) is 26.0 Å². The molecule has 1 aromatic carbocycles.